The third-order valence-corrected chi connectivity index (χ3v) is 10.3. The lowest BCUT2D eigenvalue weighted by Crippen LogP contribution is -2.26. The molecule has 5 rings (SSSR count). The Morgan fingerprint density at radius 2 is 1.91 bits per heavy atom. The molecule has 2 N–H and O–H groups in total. The van der Waals surface area contributed by atoms with E-state index in [0.29, 0.717) is 11.5 Å². The maximum atomic E-state index is 12.6. The Morgan fingerprint density at radius 1 is 1.09 bits per heavy atom. The summed E-state index contributed by atoms with van der Waals surface area (Å²) in [5.41, 5.74) is 2.36. The minimum absolute atomic E-state index is 0.00663. The van der Waals surface area contributed by atoms with Crippen LogP contribution in [0.25, 0.3) is 16.2 Å². The number of anilines is 1. The number of aromatic nitrogens is 3. The second kappa shape index (κ2) is 10.5. The van der Waals surface area contributed by atoms with E-state index in [1.165, 1.54) is 31.1 Å². The van der Waals surface area contributed by atoms with Gasteiger partial charge in [-0.05, 0) is 25.3 Å². The number of thioether (sulfide) groups is 1. The van der Waals surface area contributed by atoms with E-state index in [9.17, 15) is 8.42 Å². The molecule has 0 unspecified atom stereocenters. The number of hydrogen-bond acceptors (Lipinski definition) is 8. The number of fused-ring (bicyclic) bond motifs is 4. The van der Waals surface area contributed by atoms with E-state index in [-0.39, 0.29) is 10.2 Å². The van der Waals surface area contributed by atoms with Crippen molar-refractivity contribution >= 4 is 66.2 Å². The summed E-state index contributed by atoms with van der Waals surface area (Å²) in [5, 5.41) is 6.26. The third kappa shape index (κ3) is 5.14. The van der Waals surface area contributed by atoms with Crippen LogP contribution in [0.3, 0.4) is 0 Å². The lowest BCUT2D eigenvalue weighted by atomic mass is 10.1. The van der Waals surface area contributed by atoms with Crippen LogP contribution in [0.15, 0.2) is 45.8 Å². The molecule has 0 saturated carbocycles. The molecule has 3 aromatic heterocycles. The van der Waals surface area contributed by atoms with E-state index in [2.05, 4.69) is 39.3 Å². The summed E-state index contributed by atoms with van der Waals surface area (Å²) in [6, 6.07) is 8.50. The molecule has 0 aliphatic carbocycles. The summed E-state index contributed by atoms with van der Waals surface area (Å²) in [6.45, 7) is 1.23. The number of nitrogens with one attached hydrogen (secondary N) is 2. The van der Waals surface area contributed by atoms with Gasteiger partial charge in [-0.3, -0.25) is 4.40 Å². The standard InChI is InChI=1S/C22H24ClN5O2S4/c23-19-20(28-12-14-32-22(28)27-19)34(29,30)25-11-6-2-1-5-10-24-21-26-18-15-7-3-4-8-16(15)31-13-9-17(18)33-21/h3-4,7-8,12,14,25H,1-2,5-6,9-11,13H2,(H,24,26). The summed E-state index contributed by atoms with van der Waals surface area (Å²) >= 11 is 11.1. The van der Waals surface area contributed by atoms with Crippen LogP contribution in [0.5, 0.6) is 0 Å². The lowest BCUT2D eigenvalue weighted by Gasteiger charge is -2.07. The molecule has 180 valence electrons. The number of aryl methyl sites for hydroxylation is 1. The molecule has 1 aliphatic rings. The fourth-order valence-electron chi connectivity index (χ4n) is 3.90. The summed E-state index contributed by atoms with van der Waals surface area (Å²) in [6.07, 6.45) is 6.44. The summed E-state index contributed by atoms with van der Waals surface area (Å²) in [4.78, 5) is 12.2. The highest BCUT2D eigenvalue weighted by molar-refractivity contribution is 7.99. The van der Waals surface area contributed by atoms with Gasteiger partial charge in [-0.1, -0.05) is 42.6 Å². The van der Waals surface area contributed by atoms with Crippen LogP contribution in [-0.4, -0.2) is 41.6 Å². The molecule has 0 bridgehead atoms. The number of benzene rings is 1. The Hall–Kier alpha value is -1.63. The van der Waals surface area contributed by atoms with Gasteiger partial charge in [-0.25, -0.2) is 23.1 Å². The first-order valence-corrected chi connectivity index (χ1v) is 15.6. The summed E-state index contributed by atoms with van der Waals surface area (Å²) in [7, 11) is -3.70. The molecule has 0 spiro atoms. The molecular formula is C22H24ClN5O2S4. The second-order valence-corrected chi connectivity index (χ2v) is 13.0. The Bertz CT molecular complexity index is 1400. The maximum absolute atomic E-state index is 12.6. The van der Waals surface area contributed by atoms with Crippen LogP contribution in [0, 0.1) is 0 Å². The SMILES string of the molecule is O=S(=O)(NCCCCCCNc1nc2c(s1)CCSc1ccccc1-2)c1c(Cl)nc2sccn12. The Kier molecular flexibility index (Phi) is 7.47. The molecule has 0 amide bonds. The van der Waals surface area contributed by atoms with Crippen molar-refractivity contribution in [3.8, 4) is 11.3 Å². The van der Waals surface area contributed by atoms with E-state index in [1.54, 1.807) is 22.9 Å². The van der Waals surface area contributed by atoms with Crippen LogP contribution in [0.1, 0.15) is 30.6 Å². The zero-order valence-electron chi connectivity index (χ0n) is 18.3. The summed E-state index contributed by atoms with van der Waals surface area (Å²) in [5.74, 6) is 1.08. The molecule has 4 heterocycles. The van der Waals surface area contributed by atoms with Crippen molar-refractivity contribution in [3.63, 3.8) is 0 Å². The average Bonchev–Trinajstić information content (AvgIpc) is 3.47. The molecule has 12 heteroatoms. The molecule has 7 nitrogen and oxygen atoms in total. The van der Waals surface area contributed by atoms with E-state index in [4.69, 9.17) is 16.6 Å². The zero-order chi connectivity index (χ0) is 23.5. The van der Waals surface area contributed by atoms with Gasteiger partial charge in [0.25, 0.3) is 10.0 Å². The van der Waals surface area contributed by atoms with Crippen LogP contribution in [0.2, 0.25) is 5.15 Å². The van der Waals surface area contributed by atoms with Crippen molar-refractivity contribution in [1.29, 1.82) is 0 Å². The first kappa shape index (κ1) is 24.1. The van der Waals surface area contributed by atoms with Crippen LogP contribution < -0.4 is 10.0 Å². The number of rotatable bonds is 10. The van der Waals surface area contributed by atoms with Gasteiger partial charge in [-0.15, -0.1) is 34.4 Å². The molecule has 0 fully saturated rings. The molecule has 1 aliphatic heterocycles. The van der Waals surface area contributed by atoms with Gasteiger partial charge >= 0.3 is 0 Å². The second-order valence-electron chi connectivity index (χ2n) is 7.89. The lowest BCUT2D eigenvalue weighted by molar-refractivity contribution is 0.568. The van der Waals surface area contributed by atoms with Gasteiger partial charge in [0.1, 0.15) is 0 Å². The minimum Gasteiger partial charge on any atom is -0.361 e. The number of nitrogens with zero attached hydrogens (tertiary/aromatic N) is 3. The molecule has 0 radical (unpaired) electrons. The van der Waals surface area contributed by atoms with Crippen molar-refractivity contribution in [1.82, 2.24) is 19.1 Å². The fourth-order valence-corrected chi connectivity index (χ4v) is 8.57. The monoisotopic (exact) mass is 553 g/mol. The molecule has 1 aromatic carbocycles. The van der Waals surface area contributed by atoms with Crippen molar-refractivity contribution < 1.29 is 8.42 Å². The van der Waals surface area contributed by atoms with Crippen LogP contribution in [0.4, 0.5) is 5.13 Å². The molecule has 34 heavy (non-hydrogen) atoms. The predicted octanol–water partition coefficient (Wildman–Crippen LogP) is 5.77. The maximum Gasteiger partial charge on any atom is 0.259 e. The van der Waals surface area contributed by atoms with E-state index < -0.39 is 10.0 Å². The number of imidazole rings is 1. The molecular weight excluding hydrogens is 530 g/mol. The minimum atomic E-state index is -3.70. The predicted molar refractivity (Wildman–Crippen MR) is 142 cm³/mol. The van der Waals surface area contributed by atoms with Crippen LogP contribution in [-0.2, 0) is 16.4 Å². The highest BCUT2D eigenvalue weighted by Gasteiger charge is 2.24. The van der Waals surface area contributed by atoms with Gasteiger partial charge in [-0.2, -0.15) is 0 Å². The van der Waals surface area contributed by atoms with Crippen LogP contribution >= 0.6 is 46.0 Å². The van der Waals surface area contributed by atoms with Crippen molar-refractivity contribution in [2.24, 2.45) is 0 Å². The Labute approximate surface area is 216 Å². The smallest absolute Gasteiger partial charge is 0.259 e. The molecule has 0 saturated heterocycles. The fraction of sp³-hybridized carbons (Fsp3) is 0.364. The van der Waals surface area contributed by atoms with Gasteiger partial charge < -0.3 is 5.32 Å². The number of sulfonamides is 1. The molecule has 0 atom stereocenters. The Balaban J connectivity index is 1.05. The van der Waals surface area contributed by atoms with E-state index >= 15 is 0 Å². The number of thiazole rings is 2. The summed E-state index contributed by atoms with van der Waals surface area (Å²) < 4.78 is 29.4. The molecule has 4 aromatic rings. The first-order chi connectivity index (χ1) is 16.5. The van der Waals surface area contributed by atoms with E-state index in [1.807, 2.05) is 11.8 Å². The van der Waals surface area contributed by atoms with Gasteiger partial charge in [0.2, 0.25) is 0 Å². The number of unbranched alkanes of at least 4 members (excludes halogenated alkanes) is 3. The van der Waals surface area contributed by atoms with Gasteiger partial charge in [0, 0.05) is 45.8 Å². The Morgan fingerprint density at radius 3 is 2.79 bits per heavy atom. The topological polar surface area (TPSA) is 88.4 Å². The normalized spacial score (nSPS) is 13.6. The number of hydrogen-bond donors (Lipinski definition) is 2. The van der Waals surface area contributed by atoms with Gasteiger partial charge in [0.05, 0.1) is 5.69 Å². The van der Waals surface area contributed by atoms with E-state index in [0.717, 1.165) is 55.2 Å². The van der Waals surface area contributed by atoms with Crippen molar-refractivity contribution in [2.45, 2.75) is 42.0 Å². The average molecular weight is 554 g/mol. The highest BCUT2D eigenvalue weighted by Crippen LogP contribution is 2.40. The largest absolute Gasteiger partial charge is 0.361 e. The van der Waals surface area contributed by atoms with Crippen molar-refractivity contribution in [2.75, 3.05) is 24.2 Å². The third-order valence-electron chi connectivity index (χ3n) is 5.53. The zero-order valence-corrected chi connectivity index (χ0v) is 22.3. The quantitative estimate of drug-likeness (QED) is 0.242. The van der Waals surface area contributed by atoms with Crippen molar-refractivity contribution in [3.05, 3.63) is 45.9 Å². The number of halogens is 1. The first-order valence-electron chi connectivity index (χ1n) is 11.1. The highest BCUT2D eigenvalue weighted by atomic mass is 35.5. The van der Waals surface area contributed by atoms with Gasteiger partial charge in [0.15, 0.2) is 20.3 Å².